The standard InChI is InChI=1S/C13H23N3/c1-11(12-6-4-2-3-5-7-12)16-10-13-14-8-9-15-13/h8-9,11-12,16H,2-7,10H2,1H3,(H,14,15)/t11-/m1/s1. The molecule has 0 unspecified atom stereocenters. The quantitative estimate of drug-likeness (QED) is 0.768. The van der Waals surface area contributed by atoms with E-state index in [9.17, 15) is 0 Å². The van der Waals surface area contributed by atoms with Crippen LogP contribution in [-0.4, -0.2) is 16.0 Å². The summed E-state index contributed by atoms with van der Waals surface area (Å²) in [6, 6.07) is 0.614. The number of aromatic nitrogens is 2. The second-order valence-electron chi connectivity index (χ2n) is 4.96. The van der Waals surface area contributed by atoms with Crippen molar-refractivity contribution in [2.75, 3.05) is 0 Å². The number of nitrogens with one attached hydrogen (secondary N) is 2. The number of hydrogen-bond acceptors (Lipinski definition) is 2. The molecule has 0 spiro atoms. The van der Waals surface area contributed by atoms with Crippen molar-refractivity contribution in [3.63, 3.8) is 0 Å². The molecule has 1 aromatic heterocycles. The van der Waals surface area contributed by atoms with Crippen LogP contribution in [0.1, 0.15) is 51.3 Å². The maximum absolute atomic E-state index is 4.23. The molecule has 1 fully saturated rings. The van der Waals surface area contributed by atoms with E-state index in [-0.39, 0.29) is 0 Å². The van der Waals surface area contributed by atoms with Crippen LogP contribution in [0, 0.1) is 5.92 Å². The summed E-state index contributed by atoms with van der Waals surface area (Å²) in [5.74, 6) is 1.90. The third kappa shape index (κ3) is 3.34. The highest BCUT2D eigenvalue weighted by Gasteiger charge is 2.18. The van der Waals surface area contributed by atoms with Gasteiger partial charge >= 0.3 is 0 Å². The van der Waals surface area contributed by atoms with Gasteiger partial charge in [-0.25, -0.2) is 4.98 Å². The van der Waals surface area contributed by atoms with E-state index in [1.165, 1.54) is 38.5 Å². The van der Waals surface area contributed by atoms with E-state index in [0.29, 0.717) is 6.04 Å². The highest BCUT2D eigenvalue weighted by atomic mass is 15.0. The molecule has 1 heterocycles. The van der Waals surface area contributed by atoms with Gasteiger partial charge in [0.05, 0.1) is 6.54 Å². The van der Waals surface area contributed by atoms with Crippen LogP contribution in [0.5, 0.6) is 0 Å². The molecule has 2 rings (SSSR count). The molecule has 90 valence electrons. The van der Waals surface area contributed by atoms with Crippen molar-refractivity contribution in [3.8, 4) is 0 Å². The number of imidazole rings is 1. The van der Waals surface area contributed by atoms with Crippen LogP contribution in [-0.2, 0) is 6.54 Å². The molecule has 16 heavy (non-hydrogen) atoms. The van der Waals surface area contributed by atoms with E-state index < -0.39 is 0 Å². The fourth-order valence-electron chi connectivity index (χ4n) is 2.63. The van der Waals surface area contributed by atoms with E-state index in [2.05, 4.69) is 22.2 Å². The summed E-state index contributed by atoms with van der Waals surface area (Å²) >= 11 is 0. The molecule has 1 atom stereocenters. The van der Waals surface area contributed by atoms with Gasteiger partial charge in [0.2, 0.25) is 0 Å². The van der Waals surface area contributed by atoms with Crippen molar-refractivity contribution in [1.82, 2.24) is 15.3 Å². The van der Waals surface area contributed by atoms with Crippen LogP contribution in [0.3, 0.4) is 0 Å². The van der Waals surface area contributed by atoms with E-state index in [4.69, 9.17) is 0 Å². The van der Waals surface area contributed by atoms with Crippen molar-refractivity contribution in [2.45, 2.75) is 58.0 Å². The molecule has 1 saturated carbocycles. The first-order valence-electron chi connectivity index (χ1n) is 6.58. The molecule has 1 aliphatic rings. The Hall–Kier alpha value is -0.830. The molecule has 2 N–H and O–H groups in total. The van der Waals surface area contributed by atoms with E-state index in [0.717, 1.165) is 18.3 Å². The van der Waals surface area contributed by atoms with Gasteiger partial charge in [-0.1, -0.05) is 25.7 Å². The Labute approximate surface area is 98.1 Å². The zero-order chi connectivity index (χ0) is 11.2. The van der Waals surface area contributed by atoms with Gasteiger partial charge in [-0.15, -0.1) is 0 Å². The van der Waals surface area contributed by atoms with Crippen LogP contribution < -0.4 is 5.32 Å². The highest BCUT2D eigenvalue weighted by molar-refractivity contribution is 4.87. The van der Waals surface area contributed by atoms with E-state index in [1.54, 1.807) is 0 Å². The molecule has 3 heteroatoms. The third-order valence-corrected chi connectivity index (χ3v) is 3.75. The van der Waals surface area contributed by atoms with Crippen LogP contribution in [0.4, 0.5) is 0 Å². The average molecular weight is 221 g/mol. The minimum absolute atomic E-state index is 0.614. The van der Waals surface area contributed by atoms with Crippen molar-refractivity contribution in [2.24, 2.45) is 5.92 Å². The second kappa shape index (κ2) is 6.04. The molecular formula is C13H23N3. The first kappa shape index (κ1) is 11.6. The maximum atomic E-state index is 4.23. The Morgan fingerprint density at radius 1 is 1.38 bits per heavy atom. The molecular weight excluding hydrogens is 198 g/mol. The van der Waals surface area contributed by atoms with Gasteiger partial charge in [-0.2, -0.15) is 0 Å². The van der Waals surface area contributed by atoms with Gasteiger partial charge < -0.3 is 10.3 Å². The smallest absolute Gasteiger partial charge is 0.120 e. The van der Waals surface area contributed by atoms with Gasteiger partial charge in [0.1, 0.15) is 5.82 Å². The van der Waals surface area contributed by atoms with Crippen LogP contribution in [0.15, 0.2) is 12.4 Å². The van der Waals surface area contributed by atoms with Crippen molar-refractivity contribution in [1.29, 1.82) is 0 Å². The second-order valence-corrected chi connectivity index (χ2v) is 4.96. The lowest BCUT2D eigenvalue weighted by Crippen LogP contribution is -2.33. The summed E-state index contributed by atoms with van der Waals surface area (Å²) in [5, 5.41) is 3.59. The van der Waals surface area contributed by atoms with Crippen molar-refractivity contribution < 1.29 is 0 Å². The summed E-state index contributed by atoms with van der Waals surface area (Å²) in [5.41, 5.74) is 0. The molecule has 0 bridgehead atoms. The fraction of sp³-hybridized carbons (Fsp3) is 0.769. The van der Waals surface area contributed by atoms with Crippen molar-refractivity contribution in [3.05, 3.63) is 18.2 Å². The number of rotatable bonds is 4. The lowest BCUT2D eigenvalue weighted by atomic mass is 9.93. The zero-order valence-electron chi connectivity index (χ0n) is 10.2. The number of hydrogen-bond donors (Lipinski definition) is 2. The molecule has 0 saturated heterocycles. The SMILES string of the molecule is C[C@@H](NCc1ncc[nH]1)C1CCCCCC1. The lowest BCUT2D eigenvalue weighted by Gasteiger charge is -2.23. The fourth-order valence-corrected chi connectivity index (χ4v) is 2.63. The van der Waals surface area contributed by atoms with Gasteiger partial charge in [-0.05, 0) is 25.7 Å². The van der Waals surface area contributed by atoms with E-state index in [1.807, 2.05) is 12.4 Å². The number of H-pyrrole nitrogens is 1. The Morgan fingerprint density at radius 3 is 2.75 bits per heavy atom. The Bertz CT molecular complexity index is 273. The van der Waals surface area contributed by atoms with Gasteiger partial charge in [0.25, 0.3) is 0 Å². The van der Waals surface area contributed by atoms with Crippen molar-refractivity contribution >= 4 is 0 Å². The lowest BCUT2D eigenvalue weighted by molar-refractivity contribution is 0.334. The Balaban J connectivity index is 1.75. The average Bonchev–Trinajstić information content (AvgIpc) is 2.66. The minimum atomic E-state index is 0.614. The Morgan fingerprint density at radius 2 is 2.12 bits per heavy atom. The van der Waals surface area contributed by atoms with Crippen LogP contribution in [0.25, 0.3) is 0 Å². The molecule has 1 aromatic rings. The van der Waals surface area contributed by atoms with Gasteiger partial charge in [0, 0.05) is 18.4 Å². The maximum Gasteiger partial charge on any atom is 0.120 e. The largest absolute Gasteiger partial charge is 0.348 e. The topological polar surface area (TPSA) is 40.7 Å². The zero-order valence-corrected chi connectivity index (χ0v) is 10.2. The predicted octanol–water partition coefficient (Wildman–Crippen LogP) is 2.86. The summed E-state index contributed by atoms with van der Waals surface area (Å²) in [7, 11) is 0. The minimum Gasteiger partial charge on any atom is -0.348 e. The molecule has 0 aliphatic heterocycles. The summed E-state index contributed by atoms with van der Waals surface area (Å²) in [4.78, 5) is 7.37. The Kier molecular flexibility index (Phi) is 4.40. The first-order valence-corrected chi connectivity index (χ1v) is 6.58. The molecule has 0 aromatic carbocycles. The molecule has 0 radical (unpaired) electrons. The predicted molar refractivity (Wildman–Crippen MR) is 66.1 cm³/mol. The van der Waals surface area contributed by atoms with Gasteiger partial charge in [-0.3, -0.25) is 0 Å². The first-order chi connectivity index (χ1) is 7.86. The molecule has 1 aliphatic carbocycles. The van der Waals surface area contributed by atoms with Crippen LogP contribution in [0.2, 0.25) is 0 Å². The monoisotopic (exact) mass is 221 g/mol. The summed E-state index contributed by atoms with van der Waals surface area (Å²) in [6.07, 6.45) is 12.2. The normalized spacial score (nSPS) is 20.6. The van der Waals surface area contributed by atoms with E-state index >= 15 is 0 Å². The molecule has 0 amide bonds. The number of aromatic amines is 1. The van der Waals surface area contributed by atoms with Crippen LogP contribution >= 0.6 is 0 Å². The number of nitrogens with zero attached hydrogens (tertiary/aromatic N) is 1. The molecule has 3 nitrogen and oxygen atoms in total. The summed E-state index contributed by atoms with van der Waals surface area (Å²) < 4.78 is 0. The third-order valence-electron chi connectivity index (χ3n) is 3.75. The highest BCUT2D eigenvalue weighted by Crippen LogP contribution is 2.25. The summed E-state index contributed by atoms with van der Waals surface area (Å²) in [6.45, 7) is 3.18. The van der Waals surface area contributed by atoms with Gasteiger partial charge in [0.15, 0.2) is 0 Å².